The third kappa shape index (κ3) is 61.4. The van der Waals surface area contributed by atoms with Gasteiger partial charge in [0.25, 0.3) is 0 Å². The molecular formula is C53H110N2O11. The Morgan fingerprint density at radius 1 is 0.485 bits per heavy atom. The van der Waals surface area contributed by atoms with Gasteiger partial charge in [0.2, 0.25) is 11.8 Å². The van der Waals surface area contributed by atoms with Gasteiger partial charge >= 0.3 is 11.9 Å². The Morgan fingerprint density at radius 2 is 0.879 bits per heavy atom. The SMILES string of the molecule is C.C.C.CCCCCCCCCCCCNC(=O)C(CC)CC(C)C(=O)NCCCCCC.COCCCCCC(C)=O.O=C(CCCCCO)OCCOCCOC(=O)CCCCCO. The highest BCUT2D eigenvalue weighted by Gasteiger charge is 2.22. The number of hydrogen-bond donors (Lipinski definition) is 4. The molecule has 398 valence electrons. The normalized spacial score (nSPS) is 11.1. The minimum atomic E-state index is -0.263. The number of hydrogen-bond acceptors (Lipinski definition) is 11. The number of Topliss-reactive ketones (excluding diaryl/α,β-unsaturated/α-hetero) is 1. The third-order valence-electron chi connectivity index (χ3n) is 10.5. The van der Waals surface area contributed by atoms with E-state index in [9.17, 15) is 24.0 Å². The first-order valence-corrected chi connectivity index (χ1v) is 25.2. The number of ether oxygens (including phenoxy) is 4. The predicted molar refractivity (Wildman–Crippen MR) is 275 cm³/mol. The monoisotopic (exact) mass is 951 g/mol. The van der Waals surface area contributed by atoms with Gasteiger partial charge in [-0.1, -0.05) is 146 Å². The van der Waals surface area contributed by atoms with E-state index in [1.807, 2.05) is 13.8 Å². The zero-order chi connectivity index (χ0) is 47.4. The molecule has 0 rings (SSSR count). The summed E-state index contributed by atoms with van der Waals surface area (Å²) in [4.78, 5) is 57.8. The Morgan fingerprint density at radius 3 is 1.30 bits per heavy atom. The molecule has 0 aliphatic carbocycles. The molecule has 0 bridgehead atoms. The highest BCUT2D eigenvalue weighted by Crippen LogP contribution is 2.17. The van der Waals surface area contributed by atoms with E-state index < -0.39 is 0 Å². The zero-order valence-electron chi connectivity index (χ0n) is 41.4. The molecule has 0 fully saturated rings. The number of aliphatic hydroxyl groups is 2. The second kappa shape index (κ2) is 62.4. The minimum absolute atomic E-state index is 0. The average molecular weight is 951 g/mol. The Bertz CT molecular complexity index is 1000. The summed E-state index contributed by atoms with van der Waals surface area (Å²) in [7, 11) is 1.70. The molecule has 0 aromatic heterocycles. The summed E-state index contributed by atoms with van der Waals surface area (Å²) in [5, 5.41) is 23.3. The van der Waals surface area contributed by atoms with Gasteiger partial charge in [-0.3, -0.25) is 19.2 Å². The van der Waals surface area contributed by atoms with Gasteiger partial charge in [0.15, 0.2) is 0 Å². The van der Waals surface area contributed by atoms with Crippen molar-refractivity contribution in [2.24, 2.45) is 11.8 Å². The summed E-state index contributed by atoms with van der Waals surface area (Å²) >= 11 is 0. The number of unbranched alkanes of at least 4 members (excludes halogenated alkanes) is 18. The van der Waals surface area contributed by atoms with Crippen molar-refractivity contribution in [2.75, 3.05) is 66.4 Å². The van der Waals surface area contributed by atoms with Gasteiger partial charge in [-0.15, -0.1) is 0 Å². The van der Waals surface area contributed by atoms with Crippen LogP contribution in [-0.2, 0) is 42.9 Å². The minimum Gasteiger partial charge on any atom is -0.463 e. The van der Waals surface area contributed by atoms with Crippen LogP contribution in [0.15, 0.2) is 0 Å². The number of ketones is 1. The lowest BCUT2D eigenvalue weighted by Gasteiger charge is -2.19. The van der Waals surface area contributed by atoms with Crippen LogP contribution >= 0.6 is 0 Å². The Labute approximate surface area is 407 Å². The number of methoxy groups -OCH3 is 1. The fraction of sp³-hybridized carbons (Fsp3) is 0.906. The van der Waals surface area contributed by atoms with Crippen molar-refractivity contribution in [1.82, 2.24) is 10.6 Å². The molecular weight excluding hydrogens is 841 g/mol. The fourth-order valence-corrected chi connectivity index (χ4v) is 6.49. The van der Waals surface area contributed by atoms with Gasteiger partial charge in [-0.2, -0.15) is 0 Å². The molecule has 13 heteroatoms. The van der Waals surface area contributed by atoms with Crippen LogP contribution in [0.25, 0.3) is 0 Å². The quantitative estimate of drug-likeness (QED) is 0.0336. The number of amides is 2. The summed E-state index contributed by atoms with van der Waals surface area (Å²) in [6.45, 7) is 13.6. The van der Waals surface area contributed by atoms with Crippen LogP contribution in [0.5, 0.6) is 0 Å². The molecule has 13 nitrogen and oxygen atoms in total. The lowest BCUT2D eigenvalue weighted by molar-refractivity contribution is -0.147. The van der Waals surface area contributed by atoms with Crippen molar-refractivity contribution < 1.29 is 53.1 Å². The standard InChI is InChI=1S/C26H52N2O2.C16H30O7.C8H16O2.3CH4/c1-5-8-10-12-13-14-15-16-17-19-21-28-26(30)24(7-3)22-23(4)25(29)27-20-18-11-9-6-2;17-9-5-1-3-7-15(19)22-13-11-21-12-14-23-16(20)8-4-2-6-10-18;1-8(9)6-4-3-5-7-10-2;;;/h23-24H,5-22H2,1-4H3,(H,27,29)(H,28,30);17-18H,1-14H2;3-7H2,1-2H3;3*1H4. The predicted octanol–water partition coefficient (Wildman–Crippen LogP) is 11.7. The number of carbonyl (C=O) groups is 5. The van der Waals surface area contributed by atoms with E-state index in [-0.39, 0.29) is 103 Å². The van der Waals surface area contributed by atoms with E-state index >= 15 is 0 Å². The maximum Gasteiger partial charge on any atom is 0.305 e. The molecule has 2 amide bonds. The number of aliphatic hydroxyl groups excluding tert-OH is 2. The van der Waals surface area contributed by atoms with Crippen molar-refractivity contribution >= 4 is 29.5 Å². The fourth-order valence-electron chi connectivity index (χ4n) is 6.49. The Balaban J connectivity index is -0.000000222. The smallest absolute Gasteiger partial charge is 0.305 e. The number of rotatable bonds is 43. The summed E-state index contributed by atoms with van der Waals surface area (Å²) in [5.41, 5.74) is 0. The highest BCUT2D eigenvalue weighted by molar-refractivity contribution is 5.81. The molecule has 0 aliphatic rings. The number of carbonyl (C=O) groups excluding carboxylic acids is 5. The maximum atomic E-state index is 12.5. The lowest BCUT2D eigenvalue weighted by atomic mass is 9.92. The number of esters is 2. The largest absolute Gasteiger partial charge is 0.463 e. The highest BCUT2D eigenvalue weighted by atomic mass is 16.6. The first kappa shape index (κ1) is 74.9. The van der Waals surface area contributed by atoms with Crippen molar-refractivity contribution in [2.45, 2.75) is 237 Å². The van der Waals surface area contributed by atoms with E-state index in [0.717, 1.165) is 77.5 Å². The second-order valence-corrected chi connectivity index (χ2v) is 16.7. The molecule has 0 saturated heterocycles. The average Bonchev–Trinajstić information content (AvgIpc) is 3.27. The van der Waals surface area contributed by atoms with Crippen molar-refractivity contribution in [3.63, 3.8) is 0 Å². The van der Waals surface area contributed by atoms with Gasteiger partial charge < -0.3 is 44.6 Å². The van der Waals surface area contributed by atoms with Crippen molar-refractivity contribution in [1.29, 1.82) is 0 Å². The lowest BCUT2D eigenvalue weighted by Crippen LogP contribution is -2.36. The van der Waals surface area contributed by atoms with E-state index in [1.165, 1.54) is 77.0 Å². The Hall–Kier alpha value is -2.61. The van der Waals surface area contributed by atoms with Gasteiger partial charge in [-0.05, 0) is 71.1 Å². The summed E-state index contributed by atoms with van der Waals surface area (Å²) in [6.07, 6.45) is 28.2. The van der Waals surface area contributed by atoms with Crippen LogP contribution in [0.1, 0.15) is 237 Å². The topological polar surface area (TPSA) is 187 Å². The van der Waals surface area contributed by atoms with Gasteiger partial charge in [-0.25, -0.2) is 0 Å². The summed E-state index contributed by atoms with van der Waals surface area (Å²) in [6, 6.07) is 0. The first-order chi connectivity index (χ1) is 30.5. The van der Waals surface area contributed by atoms with Gasteiger partial charge in [0.05, 0.1) is 13.2 Å². The second-order valence-electron chi connectivity index (χ2n) is 16.7. The van der Waals surface area contributed by atoms with Crippen LogP contribution in [0.2, 0.25) is 0 Å². The third-order valence-corrected chi connectivity index (χ3v) is 10.5. The Kier molecular flexibility index (Phi) is 70.8. The molecule has 2 atom stereocenters. The van der Waals surface area contributed by atoms with Crippen LogP contribution in [-0.4, -0.2) is 106 Å². The molecule has 0 aromatic rings. The molecule has 0 aliphatic heterocycles. The first-order valence-electron chi connectivity index (χ1n) is 25.2. The molecule has 0 aromatic carbocycles. The molecule has 0 spiro atoms. The molecule has 66 heavy (non-hydrogen) atoms. The van der Waals surface area contributed by atoms with E-state index in [2.05, 4.69) is 24.5 Å². The zero-order valence-corrected chi connectivity index (χ0v) is 41.4. The maximum absolute atomic E-state index is 12.5. The molecule has 0 radical (unpaired) electrons. The van der Waals surface area contributed by atoms with Crippen LogP contribution in [0.3, 0.4) is 0 Å². The molecule has 0 heterocycles. The van der Waals surface area contributed by atoms with Gasteiger partial charge in [0, 0.05) is 71.1 Å². The van der Waals surface area contributed by atoms with E-state index in [1.54, 1.807) is 14.0 Å². The van der Waals surface area contributed by atoms with Crippen LogP contribution < -0.4 is 10.6 Å². The molecule has 4 N–H and O–H groups in total. The summed E-state index contributed by atoms with van der Waals surface area (Å²) in [5.74, 6) is -0.194. The van der Waals surface area contributed by atoms with Crippen molar-refractivity contribution in [3.8, 4) is 0 Å². The van der Waals surface area contributed by atoms with Crippen LogP contribution in [0.4, 0.5) is 0 Å². The van der Waals surface area contributed by atoms with E-state index in [0.29, 0.717) is 44.9 Å². The van der Waals surface area contributed by atoms with Gasteiger partial charge in [0.1, 0.15) is 19.0 Å². The van der Waals surface area contributed by atoms with E-state index in [4.69, 9.17) is 29.2 Å². The summed E-state index contributed by atoms with van der Waals surface area (Å²) < 4.78 is 20.0. The van der Waals surface area contributed by atoms with Crippen LogP contribution in [0, 0.1) is 11.8 Å². The van der Waals surface area contributed by atoms with Crippen molar-refractivity contribution in [3.05, 3.63) is 0 Å². The molecule has 0 saturated carbocycles. The number of nitrogens with one attached hydrogen (secondary N) is 2. The molecule has 2 unspecified atom stereocenters.